The zero-order valence-electron chi connectivity index (χ0n) is 9.22. The maximum Gasteiger partial charge on any atom is 0.185 e. The van der Waals surface area contributed by atoms with Crippen molar-refractivity contribution in [2.45, 2.75) is 6.42 Å². The fraction of sp³-hybridized carbons (Fsp3) is 0.600. The van der Waals surface area contributed by atoms with Crippen molar-refractivity contribution < 1.29 is 0 Å². The molecular formula is C10H17N5S. The Morgan fingerprint density at radius 1 is 1.44 bits per heavy atom. The minimum atomic E-state index is 0.280. The van der Waals surface area contributed by atoms with Crippen LogP contribution in [0.15, 0.2) is 11.6 Å². The van der Waals surface area contributed by atoms with Crippen LogP contribution < -0.4 is 10.6 Å². The van der Waals surface area contributed by atoms with Gasteiger partial charge in [0.2, 0.25) is 0 Å². The van der Waals surface area contributed by atoms with Crippen molar-refractivity contribution in [3.05, 3.63) is 11.6 Å². The molecule has 6 heteroatoms. The van der Waals surface area contributed by atoms with Crippen LogP contribution in [0, 0.1) is 5.41 Å². The van der Waals surface area contributed by atoms with Crippen molar-refractivity contribution in [2.75, 3.05) is 37.6 Å². The summed E-state index contributed by atoms with van der Waals surface area (Å²) in [7, 11) is 0. The molecule has 3 N–H and O–H groups in total. The predicted molar refractivity (Wildman–Crippen MR) is 67.3 cm³/mol. The molecule has 2 heterocycles. The van der Waals surface area contributed by atoms with Gasteiger partial charge in [-0.1, -0.05) is 0 Å². The SMILES string of the molecule is N=C(N)CCN1CCN(c2nccs2)CC1. The number of nitrogens with two attached hydrogens (primary N) is 1. The summed E-state index contributed by atoms with van der Waals surface area (Å²) in [6.45, 7) is 5.01. The largest absolute Gasteiger partial charge is 0.388 e. The molecule has 2 rings (SSSR count). The second-order valence-corrected chi connectivity index (χ2v) is 4.79. The van der Waals surface area contributed by atoms with Crippen LogP contribution in [0.25, 0.3) is 0 Å². The highest BCUT2D eigenvalue weighted by molar-refractivity contribution is 7.13. The van der Waals surface area contributed by atoms with Crippen LogP contribution in [0.2, 0.25) is 0 Å². The Kier molecular flexibility index (Phi) is 3.74. The molecule has 1 aliphatic rings. The van der Waals surface area contributed by atoms with E-state index in [4.69, 9.17) is 11.1 Å². The number of amidine groups is 1. The standard InChI is InChI=1S/C10H17N5S/c11-9(12)1-3-14-4-6-15(7-5-14)10-13-2-8-16-10/h2,8H,1,3-7H2,(H3,11,12). The van der Waals surface area contributed by atoms with Crippen LogP contribution in [0.4, 0.5) is 5.13 Å². The van der Waals surface area contributed by atoms with Crippen molar-refractivity contribution in [3.63, 3.8) is 0 Å². The second kappa shape index (κ2) is 5.27. The van der Waals surface area contributed by atoms with E-state index in [-0.39, 0.29) is 5.84 Å². The number of anilines is 1. The van der Waals surface area contributed by atoms with E-state index in [9.17, 15) is 0 Å². The predicted octanol–water partition coefficient (Wildman–Crippen LogP) is 0.591. The number of thiazole rings is 1. The summed E-state index contributed by atoms with van der Waals surface area (Å²) in [5.41, 5.74) is 5.35. The number of aromatic nitrogens is 1. The summed E-state index contributed by atoms with van der Waals surface area (Å²) < 4.78 is 0. The van der Waals surface area contributed by atoms with E-state index >= 15 is 0 Å². The smallest absolute Gasteiger partial charge is 0.185 e. The van der Waals surface area contributed by atoms with Gasteiger partial charge in [-0.3, -0.25) is 10.3 Å². The lowest BCUT2D eigenvalue weighted by atomic mass is 10.3. The van der Waals surface area contributed by atoms with Gasteiger partial charge >= 0.3 is 0 Å². The molecule has 16 heavy (non-hydrogen) atoms. The minimum Gasteiger partial charge on any atom is -0.388 e. The summed E-state index contributed by atoms with van der Waals surface area (Å²) in [6.07, 6.45) is 2.53. The first-order valence-electron chi connectivity index (χ1n) is 5.45. The Labute approximate surface area is 99.4 Å². The van der Waals surface area contributed by atoms with E-state index in [0.29, 0.717) is 6.42 Å². The first-order valence-corrected chi connectivity index (χ1v) is 6.33. The zero-order chi connectivity index (χ0) is 11.4. The average molecular weight is 239 g/mol. The average Bonchev–Trinajstić information content (AvgIpc) is 2.80. The van der Waals surface area contributed by atoms with E-state index in [0.717, 1.165) is 37.9 Å². The van der Waals surface area contributed by atoms with Crippen LogP contribution in [-0.2, 0) is 0 Å². The number of nitrogens with zero attached hydrogens (tertiary/aromatic N) is 3. The molecule has 0 spiro atoms. The summed E-state index contributed by atoms with van der Waals surface area (Å²) >= 11 is 1.69. The van der Waals surface area contributed by atoms with E-state index < -0.39 is 0 Å². The molecule has 1 fully saturated rings. The Balaban J connectivity index is 1.76. The lowest BCUT2D eigenvalue weighted by molar-refractivity contribution is 0.264. The molecule has 1 aromatic heterocycles. The van der Waals surface area contributed by atoms with Gasteiger partial charge in [0.1, 0.15) is 0 Å². The van der Waals surface area contributed by atoms with E-state index in [1.54, 1.807) is 11.3 Å². The van der Waals surface area contributed by atoms with Gasteiger partial charge in [0, 0.05) is 50.7 Å². The first kappa shape index (κ1) is 11.3. The van der Waals surface area contributed by atoms with Gasteiger partial charge in [0.25, 0.3) is 0 Å². The summed E-state index contributed by atoms with van der Waals surface area (Å²) in [4.78, 5) is 8.98. The maximum atomic E-state index is 7.20. The normalized spacial score (nSPS) is 17.6. The molecule has 0 atom stereocenters. The number of hydrogen-bond acceptors (Lipinski definition) is 5. The summed E-state index contributed by atoms with van der Waals surface area (Å²) in [6, 6.07) is 0. The molecule has 0 aromatic carbocycles. The van der Waals surface area contributed by atoms with E-state index in [1.165, 1.54) is 0 Å². The molecule has 0 radical (unpaired) electrons. The van der Waals surface area contributed by atoms with Gasteiger partial charge in [0.15, 0.2) is 5.13 Å². The van der Waals surface area contributed by atoms with Crippen LogP contribution in [0.3, 0.4) is 0 Å². The Morgan fingerprint density at radius 3 is 2.75 bits per heavy atom. The monoisotopic (exact) mass is 239 g/mol. The lowest BCUT2D eigenvalue weighted by Gasteiger charge is -2.34. The first-order chi connectivity index (χ1) is 7.75. The van der Waals surface area contributed by atoms with Gasteiger partial charge < -0.3 is 10.6 Å². The lowest BCUT2D eigenvalue weighted by Crippen LogP contribution is -2.47. The Morgan fingerprint density at radius 2 is 2.19 bits per heavy atom. The molecule has 0 saturated carbocycles. The van der Waals surface area contributed by atoms with Crippen molar-refractivity contribution in [1.29, 1.82) is 5.41 Å². The highest BCUT2D eigenvalue weighted by Crippen LogP contribution is 2.18. The zero-order valence-corrected chi connectivity index (χ0v) is 10.0. The van der Waals surface area contributed by atoms with E-state index in [2.05, 4.69) is 14.8 Å². The molecule has 88 valence electrons. The fourth-order valence-corrected chi connectivity index (χ4v) is 2.51. The van der Waals surface area contributed by atoms with Crippen LogP contribution in [0.5, 0.6) is 0 Å². The summed E-state index contributed by atoms with van der Waals surface area (Å²) in [5.74, 6) is 0.280. The van der Waals surface area contributed by atoms with Gasteiger partial charge in [-0.05, 0) is 0 Å². The summed E-state index contributed by atoms with van der Waals surface area (Å²) in [5, 5.41) is 10.3. The van der Waals surface area contributed by atoms with Gasteiger partial charge in [-0.15, -0.1) is 11.3 Å². The highest BCUT2D eigenvalue weighted by Gasteiger charge is 2.18. The molecule has 1 aliphatic heterocycles. The molecule has 1 saturated heterocycles. The number of nitrogens with one attached hydrogen (secondary N) is 1. The third kappa shape index (κ3) is 2.93. The Hall–Kier alpha value is -1.14. The molecule has 0 unspecified atom stereocenters. The van der Waals surface area contributed by atoms with Crippen molar-refractivity contribution in [1.82, 2.24) is 9.88 Å². The number of rotatable bonds is 4. The van der Waals surface area contributed by atoms with Crippen LogP contribution in [-0.4, -0.2) is 48.4 Å². The molecule has 0 aliphatic carbocycles. The van der Waals surface area contributed by atoms with Gasteiger partial charge in [-0.25, -0.2) is 4.98 Å². The quantitative estimate of drug-likeness (QED) is 0.596. The van der Waals surface area contributed by atoms with Crippen LogP contribution >= 0.6 is 11.3 Å². The third-order valence-electron chi connectivity index (χ3n) is 2.76. The fourth-order valence-electron chi connectivity index (χ4n) is 1.81. The van der Waals surface area contributed by atoms with Gasteiger partial charge in [-0.2, -0.15) is 0 Å². The van der Waals surface area contributed by atoms with Crippen LogP contribution in [0.1, 0.15) is 6.42 Å². The van der Waals surface area contributed by atoms with E-state index in [1.807, 2.05) is 11.6 Å². The van der Waals surface area contributed by atoms with Gasteiger partial charge in [0.05, 0.1) is 5.84 Å². The van der Waals surface area contributed by atoms with Crippen molar-refractivity contribution in [3.8, 4) is 0 Å². The Bertz CT molecular complexity index is 329. The third-order valence-corrected chi connectivity index (χ3v) is 3.59. The maximum absolute atomic E-state index is 7.20. The van der Waals surface area contributed by atoms with Crippen molar-refractivity contribution in [2.24, 2.45) is 5.73 Å². The number of piperazine rings is 1. The molecule has 0 amide bonds. The minimum absolute atomic E-state index is 0.280. The molecular weight excluding hydrogens is 222 g/mol. The second-order valence-electron chi connectivity index (χ2n) is 3.92. The number of hydrogen-bond donors (Lipinski definition) is 2. The topological polar surface area (TPSA) is 69.2 Å². The molecule has 5 nitrogen and oxygen atoms in total. The van der Waals surface area contributed by atoms with Crippen molar-refractivity contribution >= 4 is 22.3 Å². The highest BCUT2D eigenvalue weighted by atomic mass is 32.1. The molecule has 0 bridgehead atoms. The molecule has 1 aromatic rings.